The van der Waals surface area contributed by atoms with Gasteiger partial charge in [-0.15, -0.1) is 0 Å². The Bertz CT molecular complexity index is 3800. The summed E-state index contributed by atoms with van der Waals surface area (Å²) in [7, 11) is 0. The average molecular weight is 2090 g/mol. The first-order valence-corrected chi connectivity index (χ1v) is 53.5. The van der Waals surface area contributed by atoms with Crippen molar-refractivity contribution in [1.29, 1.82) is 0 Å². The molecule has 0 aromatic heterocycles. The molecule has 8 aliphatic carbocycles. The van der Waals surface area contributed by atoms with Crippen molar-refractivity contribution in [3.05, 3.63) is 0 Å². The first kappa shape index (κ1) is 116. The first-order chi connectivity index (χ1) is 69.1. The van der Waals surface area contributed by atoms with Crippen molar-refractivity contribution in [1.82, 2.24) is 0 Å². The van der Waals surface area contributed by atoms with Gasteiger partial charge in [0.1, 0.15) is 189 Å². The van der Waals surface area contributed by atoms with E-state index in [-0.39, 0.29) is 84.0 Å². The molecule has 45 nitrogen and oxygen atoms in total. The molecule has 27 N–H and O–H groups in total. The van der Waals surface area contributed by atoms with E-state index in [1.807, 2.05) is 0 Å². The van der Waals surface area contributed by atoms with Gasteiger partial charge in [-0.2, -0.15) is 0 Å². The first-order valence-electron chi connectivity index (χ1n) is 53.5. The summed E-state index contributed by atoms with van der Waals surface area (Å²) in [6.45, 7) is 7.56. The lowest BCUT2D eigenvalue weighted by molar-refractivity contribution is -0.364. The normalized spacial score (nSPS) is 52.1. The predicted octanol–water partition coefficient (Wildman–Crippen LogP) is -5.90. The molecule has 16 rings (SSSR count). The molecule has 0 aromatic carbocycles. The minimum atomic E-state index is -1.99. The summed E-state index contributed by atoms with van der Waals surface area (Å²) in [4.78, 5) is 0. The molecule has 8 aliphatic heterocycles. The Morgan fingerprint density at radius 2 is 0.572 bits per heavy atom. The summed E-state index contributed by atoms with van der Waals surface area (Å²) >= 11 is 0. The predicted molar refractivity (Wildman–Crippen MR) is 493 cm³/mol. The molecule has 0 amide bonds. The summed E-state index contributed by atoms with van der Waals surface area (Å²) in [6.07, 6.45) is -45.8. The largest absolute Gasteiger partial charge is 0.394 e. The fourth-order valence-corrected chi connectivity index (χ4v) is 30.2. The van der Waals surface area contributed by atoms with Gasteiger partial charge in [0.15, 0.2) is 50.3 Å². The Morgan fingerprint density at radius 3 is 0.917 bits per heavy atom. The van der Waals surface area contributed by atoms with Crippen molar-refractivity contribution >= 4 is 0 Å². The van der Waals surface area contributed by atoms with Crippen molar-refractivity contribution in [3.63, 3.8) is 0 Å². The maximum atomic E-state index is 12.1. The third-order valence-corrected chi connectivity index (χ3v) is 38.7. The maximum Gasteiger partial charge on any atom is 0.187 e. The number of aliphatic hydroxyl groups is 27. The van der Waals surface area contributed by atoms with Crippen LogP contribution in [0.2, 0.25) is 0 Å². The van der Waals surface area contributed by atoms with Crippen LogP contribution in [0.3, 0.4) is 0 Å². The minimum Gasteiger partial charge on any atom is -0.394 e. The molecular weight excluding hydrogens is 1920 g/mol. The molecule has 0 spiro atoms. The van der Waals surface area contributed by atoms with Gasteiger partial charge in [0.2, 0.25) is 0 Å². The monoisotopic (exact) mass is 2090 g/mol. The van der Waals surface area contributed by atoms with Crippen molar-refractivity contribution < 1.29 is 223 Å². The van der Waals surface area contributed by atoms with Gasteiger partial charge in [-0.25, -0.2) is 0 Å². The maximum absolute atomic E-state index is 12.1. The fourth-order valence-electron chi connectivity index (χ4n) is 30.2. The number of hydrogen-bond donors (Lipinski definition) is 27. The van der Waals surface area contributed by atoms with Crippen LogP contribution in [-0.2, 0) is 85.3 Å². The molecular formula is C100H170O45. The Kier molecular flexibility index (Phi) is 38.9. The Hall–Kier alpha value is -1.80. The van der Waals surface area contributed by atoms with Gasteiger partial charge in [0.25, 0.3) is 0 Å². The summed E-state index contributed by atoms with van der Waals surface area (Å²) in [5, 5.41) is 293. The third kappa shape index (κ3) is 23.2. The van der Waals surface area contributed by atoms with Crippen LogP contribution in [0.1, 0.15) is 183 Å². The Balaban J connectivity index is 0.572. The van der Waals surface area contributed by atoms with Gasteiger partial charge in [-0.1, -0.05) is 41.5 Å². The van der Waals surface area contributed by atoms with E-state index in [0.717, 1.165) is 103 Å². The zero-order chi connectivity index (χ0) is 104. The van der Waals surface area contributed by atoms with E-state index in [4.69, 9.17) is 85.3 Å². The second kappa shape index (κ2) is 48.7. The topological polar surface area (TPSA) is 712 Å². The molecule has 8 saturated carbocycles. The minimum absolute atomic E-state index is 0.0120. The lowest BCUT2D eigenvalue weighted by Gasteiger charge is -2.61. The second-order valence-corrected chi connectivity index (χ2v) is 46.9. The molecule has 58 atom stereocenters. The zero-order valence-corrected chi connectivity index (χ0v) is 84.0. The highest BCUT2D eigenvalue weighted by Gasteiger charge is 2.66. The van der Waals surface area contributed by atoms with E-state index >= 15 is 0 Å². The zero-order valence-electron chi connectivity index (χ0n) is 84.0. The molecule has 8 saturated heterocycles. The van der Waals surface area contributed by atoms with E-state index in [0.29, 0.717) is 85.9 Å². The van der Waals surface area contributed by atoms with E-state index < -0.39 is 311 Å². The molecule has 16 aliphatic rings. The van der Waals surface area contributed by atoms with Crippen LogP contribution in [-0.4, -0.2) is 482 Å². The molecule has 0 bridgehead atoms. The molecule has 840 valence electrons. The van der Waals surface area contributed by atoms with Crippen molar-refractivity contribution in [2.75, 3.05) is 92.5 Å². The van der Waals surface area contributed by atoms with E-state index in [1.165, 1.54) is 0 Å². The smallest absolute Gasteiger partial charge is 0.187 e. The fraction of sp³-hybridized carbons (Fsp3) is 1.00. The van der Waals surface area contributed by atoms with E-state index in [9.17, 15) is 138 Å². The lowest BCUT2D eigenvalue weighted by atomic mass is 9.44. The third-order valence-electron chi connectivity index (χ3n) is 38.7. The van der Waals surface area contributed by atoms with Crippen LogP contribution in [0.4, 0.5) is 0 Å². The van der Waals surface area contributed by atoms with Crippen LogP contribution < -0.4 is 0 Å². The number of rotatable bonds is 39. The van der Waals surface area contributed by atoms with Crippen molar-refractivity contribution in [2.24, 2.45) is 98.1 Å². The van der Waals surface area contributed by atoms with Gasteiger partial charge >= 0.3 is 0 Å². The van der Waals surface area contributed by atoms with Gasteiger partial charge in [0.05, 0.1) is 96.9 Å². The lowest BCUT2D eigenvalue weighted by Crippen LogP contribution is -2.65. The Labute approximate surface area is 844 Å². The van der Waals surface area contributed by atoms with Crippen LogP contribution in [0.25, 0.3) is 0 Å². The number of ether oxygens (including phenoxy) is 18. The number of hydrogen-bond acceptors (Lipinski definition) is 45. The average Bonchev–Trinajstić information content (AvgIpc) is 1.64. The van der Waals surface area contributed by atoms with Crippen molar-refractivity contribution in [3.8, 4) is 0 Å². The molecule has 34 unspecified atom stereocenters. The van der Waals surface area contributed by atoms with E-state index in [2.05, 4.69) is 41.5 Å². The quantitative estimate of drug-likeness (QED) is 0.0201. The Morgan fingerprint density at radius 1 is 0.283 bits per heavy atom. The molecule has 145 heavy (non-hydrogen) atoms. The van der Waals surface area contributed by atoms with Crippen molar-refractivity contribution in [2.45, 2.75) is 435 Å². The van der Waals surface area contributed by atoms with Gasteiger partial charge in [0, 0.05) is 13.2 Å². The summed E-state index contributed by atoms with van der Waals surface area (Å²) in [5.74, 6) is 4.62. The molecule has 0 aromatic rings. The highest BCUT2D eigenvalue weighted by Crippen LogP contribution is 2.71. The van der Waals surface area contributed by atoms with Crippen LogP contribution in [0.5, 0.6) is 0 Å². The molecule has 8 heterocycles. The van der Waals surface area contributed by atoms with Gasteiger partial charge < -0.3 is 223 Å². The SMILES string of the molecule is CC(CCCOCC(COCCCC(C)C1CCC2C3CCC4CC(O[C@@H]5OC(CO)[C@@H](O[C@H]6OC(CO)[C@@H](O)C(O)[C@@H]6O)C(O)[C@@H]5O)CCC4(C)C3CCC12C)(CO[C@H]1OC(CO)[C@H](O[C@@H]2OC[C@H](O)C(O)[C@H]2O)C(O)[C@H]1O)CO[C@@H]1OC(CO)[C@@H](O[C@H]2OC(CO)[C@@H](O)C(O)[C@@H]2O)C(O)[C@@H]1O)C1CCC2C3CCC4CC(O[C@H]5OC(CO)[C@H](O[C@@H]6OC(CO)[C@H](O)C(O)[C@H]6O)C(O)[C@H]5O)CCC4(C)C3CCC12C. The number of aliphatic hydroxyl groups excluding tert-OH is 27. The molecule has 45 heteroatoms. The van der Waals surface area contributed by atoms with Crippen LogP contribution in [0, 0.1) is 98.1 Å². The second-order valence-electron chi connectivity index (χ2n) is 46.9. The summed E-state index contributed by atoms with van der Waals surface area (Å²) < 4.78 is 110. The van der Waals surface area contributed by atoms with Gasteiger partial charge in [-0.3, -0.25) is 0 Å². The van der Waals surface area contributed by atoms with Gasteiger partial charge in [-0.05, 0) is 234 Å². The number of fused-ring (bicyclic) bond motifs is 10. The standard InChI is InChI=1S/C100H170O45/c1-43(51-15-17-53-49-13-11-45-29-47(19-23-96(45,3)55(49)21-25-98(51,53)5)133-91-82(126)74(118)86(63(36-106)140-91)144-94-78(122)70(114)67(111)59(32-102)136-94)9-7-27-128-39-100(41-131-89-80(124)72(116)84(61(34-104)138-89)142-88-76(120)65(109)57(108)38-130-88,42-132-90-81(125)73(117)85(62(35-105)139-90)143-93-77(121)69(113)66(110)58(31-101)135-93)40-129-28-8-10-44(2)52-16-18-54-50-14-12-46-30-48(20-24-97(46,4)56(50)22-26-99(52,54)6)134-92-83(127)75(119)87(64(37-107)141-92)145-95-79(123)71(115)68(112)60(33-103)137-95/h43-95,101-127H,7-42H2,1-6H3/t43?,44?,45?,46?,47?,48?,49?,50?,51?,52?,53?,54?,55?,56?,57-,58?,59?,60?,61?,62?,63?,64?,65?,66+,67-,68+,69?,70?,71?,72?,73?,74?,75?,76+,77-,78+,79-,80+,81-,82+,83-,84-,85+,86-,87+,88-,89-,90+,91-,92+,93+,94-,95+,96?,97?,98?,99?,100?/m0/s1. The summed E-state index contributed by atoms with van der Waals surface area (Å²) in [6, 6.07) is 0. The molecule has 16 fully saturated rings. The summed E-state index contributed by atoms with van der Waals surface area (Å²) in [5.41, 5.74) is -1.47. The highest BCUT2D eigenvalue weighted by atomic mass is 16.8. The highest BCUT2D eigenvalue weighted by molar-refractivity contribution is 5.14. The molecule has 0 radical (unpaired) electrons. The van der Waals surface area contributed by atoms with E-state index in [1.54, 1.807) is 0 Å². The van der Waals surface area contributed by atoms with Crippen LogP contribution >= 0.6 is 0 Å². The van der Waals surface area contributed by atoms with Crippen LogP contribution in [0.15, 0.2) is 0 Å².